The van der Waals surface area contributed by atoms with Crippen molar-refractivity contribution in [1.29, 1.82) is 0 Å². The van der Waals surface area contributed by atoms with Gasteiger partial charge in [-0.05, 0) is 24.6 Å². The van der Waals surface area contributed by atoms with Gasteiger partial charge in [0.25, 0.3) is 0 Å². The van der Waals surface area contributed by atoms with Gasteiger partial charge in [-0.2, -0.15) is 5.10 Å². The van der Waals surface area contributed by atoms with Crippen LogP contribution in [0, 0.1) is 0 Å². The Morgan fingerprint density at radius 1 is 1.00 bits per heavy atom. The highest BCUT2D eigenvalue weighted by atomic mass is 35.5. The summed E-state index contributed by atoms with van der Waals surface area (Å²) in [6, 6.07) is 18.0. The van der Waals surface area contributed by atoms with E-state index in [-0.39, 0.29) is 6.61 Å². The number of aliphatic hydroxyl groups is 1. The molecule has 130 valence electrons. The van der Waals surface area contributed by atoms with Crippen molar-refractivity contribution in [2.24, 2.45) is 0 Å². The van der Waals surface area contributed by atoms with Crippen molar-refractivity contribution in [2.75, 3.05) is 13.2 Å². The van der Waals surface area contributed by atoms with Gasteiger partial charge in [0.2, 0.25) is 0 Å². The molecule has 0 radical (unpaired) electrons. The molecule has 5 heteroatoms. The minimum absolute atomic E-state index is 0.199. The largest absolute Gasteiger partial charge is 0.396 e. The molecule has 2 N–H and O–H groups in total. The highest BCUT2D eigenvalue weighted by Gasteiger charge is 2.12. The SMILES string of the molecule is OCCCNCc1cn(Cc2ccccc2Cl)nc1-c1ccccc1. The zero-order valence-electron chi connectivity index (χ0n) is 14.0. The quantitative estimate of drug-likeness (QED) is 0.605. The molecule has 1 aromatic heterocycles. The first-order chi connectivity index (χ1) is 12.3. The Morgan fingerprint density at radius 2 is 1.76 bits per heavy atom. The molecule has 0 bridgehead atoms. The summed E-state index contributed by atoms with van der Waals surface area (Å²) in [5.41, 5.74) is 4.26. The Bertz CT molecular complexity index is 802. The lowest BCUT2D eigenvalue weighted by Crippen LogP contribution is -2.15. The number of aromatic nitrogens is 2. The van der Waals surface area contributed by atoms with Crippen LogP contribution in [-0.2, 0) is 13.1 Å². The number of halogens is 1. The van der Waals surface area contributed by atoms with Crippen molar-refractivity contribution >= 4 is 11.6 Å². The summed E-state index contributed by atoms with van der Waals surface area (Å²) >= 11 is 6.28. The Hall–Kier alpha value is -2.14. The number of hydrogen-bond acceptors (Lipinski definition) is 3. The molecule has 0 aliphatic heterocycles. The van der Waals surface area contributed by atoms with Gasteiger partial charge in [-0.1, -0.05) is 60.1 Å². The Morgan fingerprint density at radius 3 is 2.52 bits per heavy atom. The van der Waals surface area contributed by atoms with Crippen LogP contribution >= 0.6 is 11.6 Å². The number of nitrogens with zero attached hydrogens (tertiary/aromatic N) is 2. The van der Waals surface area contributed by atoms with Gasteiger partial charge in [0, 0.05) is 35.5 Å². The van der Waals surface area contributed by atoms with Crippen molar-refractivity contribution in [1.82, 2.24) is 15.1 Å². The molecule has 0 amide bonds. The monoisotopic (exact) mass is 355 g/mol. The molecule has 1 heterocycles. The van der Waals surface area contributed by atoms with E-state index in [1.54, 1.807) is 0 Å². The van der Waals surface area contributed by atoms with Gasteiger partial charge in [-0.15, -0.1) is 0 Å². The van der Waals surface area contributed by atoms with Crippen LogP contribution in [0.3, 0.4) is 0 Å². The molecular weight excluding hydrogens is 334 g/mol. The van der Waals surface area contributed by atoms with Gasteiger partial charge in [-0.25, -0.2) is 0 Å². The van der Waals surface area contributed by atoms with Crippen LogP contribution in [0.15, 0.2) is 60.8 Å². The van der Waals surface area contributed by atoms with Gasteiger partial charge in [0.05, 0.1) is 12.2 Å². The fraction of sp³-hybridized carbons (Fsp3) is 0.250. The molecule has 0 spiro atoms. The lowest BCUT2D eigenvalue weighted by Gasteiger charge is -2.04. The number of aliphatic hydroxyl groups excluding tert-OH is 1. The fourth-order valence-electron chi connectivity index (χ4n) is 2.74. The van der Waals surface area contributed by atoms with E-state index in [1.807, 2.05) is 47.1 Å². The van der Waals surface area contributed by atoms with Crippen LogP contribution in [0.25, 0.3) is 11.3 Å². The zero-order chi connectivity index (χ0) is 17.5. The fourth-order valence-corrected chi connectivity index (χ4v) is 2.94. The van der Waals surface area contributed by atoms with Crippen molar-refractivity contribution in [3.05, 3.63) is 76.9 Å². The van der Waals surface area contributed by atoms with Crippen LogP contribution < -0.4 is 5.32 Å². The summed E-state index contributed by atoms with van der Waals surface area (Å²) in [7, 11) is 0. The number of hydrogen-bond donors (Lipinski definition) is 2. The lowest BCUT2D eigenvalue weighted by molar-refractivity contribution is 0.286. The Kier molecular flexibility index (Phi) is 6.23. The molecule has 0 atom stereocenters. The van der Waals surface area contributed by atoms with Crippen LogP contribution in [0.1, 0.15) is 17.5 Å². The smallest absolute Gasteiger partial charge is 0.0968 e. The second-order valence-electron chi connectivity index (χ2n) is 5.91. The maximum absolute atomic E-state index is 8.92. The third-order valence-electron chi connectivity index (χ3n) is 4.00. The number of nitrogens with one attached hydrogen (secondary N) is 1. The van der Waals surface area contributed by atoms with Gasteiger partial charge >= 0.3 is 0 Å². The molecule has 0 unspecified atom stereocenters. The average Bonchev–Trinajstić information content (AvgIpc) is 3.04. The number of rotatable bonds is 8. The molecule has 0 fully saturated rings. The molecular formula is C20H22ClN3O. The summed E-state index contributed by atoms with van der Waals surface area (Å²) < 4.78 is 1.94. The van der Waals surface area contributed by atoms with Crippen LogP contribution in [0.5, 0.6) is 0 Å². The van der Waals surface area contributed by atoms with Crippen molar-refractivity contribution in [3.8, 4) is 11.3 Å². The zero-order valence-corrected chi connectivity index (χ0v) is 14.8. The maximum Gasteiger partial charge on any atom is 0.0968 e. The van der Waals surface area contributed by atoms with E-state index in [9.17, 15) is 0 Å². The minimum Gasteiger partial charge on any atom is -0.396 e. The first kappa shape index (κ1) is 17.7. The van der Waals surface area contributed by atoms with E-state index in [4.69, 9.17) is 21.8 Å². The van der Waals surface area contributed by atoms with Crippen molar-refractivity contribution in [2.45, 2.75) is 19.5 Å². The predicted molar refractivity (Wildman–Crippen MR) is 102 cm³/mol. The van der Waals surface area contributed by atoms with E-state index in [1.165, 1.54) is 0 Å². The lowest BCUT2D eigenvalue weighted by atomic mass is 10.1. The minimum atomic E-state index is 0.199. The van der Waals surface area contributed by atoms with E-state index < -0.39 is 0 Å². The molecule has 0 aliphatic rings. The summed E-state index contributed by atoms with van der Waals surface area (Å²) in [5, 5.41) is 17.8. The second kappa shape index (κ2) is 8.81. The van der Waals surface area contributed by atoms with Crippen LogP contribution in [0.4, 0.5) is 0 Å². The summed E-state index contributed by atoms with van der Waals surface area (Å²) in [4.78, 5) is 0. The van der Waals surface area contributed by atoms with Crippen molar-refractivity contribution < 1.29 is 5.11 Å². The third-order valence-corrected chi connectivity index (χ3v) is 4.37. The summed E-state index contributed by atoms with van der Waals surface area (Å²) in [6.07, 6.45) is 2.81. The normalized spacial score (nSPS) is 11.0. The average molecular weight is 356 g/mol. The highest BCUT2D eigenvalue weighted by molar-refractivity contribution is 6.31. The highest BCUT2D eigenvalue weighted by Crippen LogP contribution is 2.23. The maximum atomic E-state index is 8.92. The third kappa shape index (κ3) is 4.69. The molecule has 3 rings (SSSR count). The Labute approximate surface area is 153 Å². The molecule has 0 aliphatic carbocycles. The first-order valence-corrected chi connectivity index (χ1v) is 8.82. The second-order valence-corrected chi connectivity index (χ2v) is 6.32. The van der Waals surface area contributed by atoms with Gasteiger partial charge in [0.1, 0.15) is 0 Å². The van der Waals surface area contributed by atoms with Gasteiger partial charge in [-0.3, -0.25) is 4.68 Å². The number of benzene rings is 2. The standard InChI is InChI=1S/C20H22ClN3O/c21-19-10-5-4-9-17(19)14-24-15-18(13-22-11-6-12-25)20(23-24)16-7-2-1-3-8-16/h1-5,7-10,15,22,25H,6,11-14H2. The topological polar surface area (TPSA) is 50.1 Å². The molecule has 2 aromatic carbocycles. The molecule has 0 saturated heterocycles. The molecule has 25 heavy (non-hydrogen) atoms. The molecule has 0 saturated carbocycles. The summed E-state index contributed by atoms with van der Waals surface area (Å²) in [6.45, 7) is 2.33. The van der Waals surface area contributed by atoms with Crippen LogP contribution in [0.2, 0.25) is 5.02 Å². The molecule has 4 nitrogen and oxygen atoms in total. The first-order valence-electron chi connectivity index (χ1n) is 8.44. The predicted octanol–water partition coefficient (Wildman–Crippen LogP) is 3.72. The van der Waals surface area contributed by atoms with Crippen LogP contribution in [-0.4, -0.2) is 28.0 Å². The van der Waals surface area contributed by atoms with E-state index in [0.29, 0.717) is 13.1 Å². The van der Waals surface area contributed by atoms with Crippen molar-refractivity contribution in [3.63, 3.8) is 0 Å². The van der Waals surface area contributed by atoms with Gasteiger partial charge < -0.3 is 10.4 Å². The van der Waals surface area contributed by atoms with E-state index in [0.717, 1.165) is 40.4 Å². The molecule has 3 aromatic rings. The van der Waals surface area contributed by atoms with E-state index >= 15 is 0 Å². The Balaban J connectivity index is 1.84. The summed E-state index contributed by atoms with van der Waals surface area (Å²) in [5.74, 6) is 0. The van der Waals surface area contributed by atoms with E-state index in [2.05, 4.69) is 23.6 Å². The van der Waals surface area contributed by atoms with Gasteiger partial charge in [0.15, 0.2) is 0 Å².